The van der Waals surface area contributed by atoms with Gasteiger partial charge < -0.3 is 20.3 Å². The van der Waals surface area contributed by atoms with Crippen LogP contribution in [0.2, 0.25) is 0 Å². The van der Waals surface area contributed by atoms with E-state index in [1.807, 2.05) is 6.92 Å². The van der Waals surface area contributed by atoms with Crippen molar-refractivity contribution in [3.8, 4) is 0 Å². The van der Waals surface area contributed by atoms with Crippen molar-refractivity contribution in [2.75, 3.05) is 52.4 Å². The number of nitrogens with two attached hydrogens (primary N) is 1. The average molecular weight is 283 g/mol. The number of nitrogens with zero attached hydrogens (tertiary/aromatic N) is 2. The molecule has 118 valence electrons. The minimum atomic E-state index is 0.252. The number of hydrogen-bond acceptors (Lipinski definition) is 4. The summed E-state index contributed by atoms with van der Waals surface area (Å²) in [5.74, 6) is 0.932. The minimum absolute atomic E-state index is 0.252. The Morgan fingerprint density at radius 1 is 1.10 bits per heavy atom. The first-order valence-electron chi connectivity index (χ1n) is 8.58. The summed E-state index contributed by atoms with van der Waals surface area (Å²) in [6, 6.07) is 0. The molecule has 4 nitrogen and oxygen atoms in total. The highest BCUT2D eigenvalue weighted by Crippen LogP contribution is 2.20. The zero-order valence-electron chi connectivity index (χ0n) is 13.2. The summed E-state index contributed by atoms with van der Waals surface area (Å²) >= 11 is 0. The number of hydrogen-bond donors (Lipinski definition) is 1. The fourth-order valence-electron chi connectivity index (χ4n) is 3.55. The molecule has 0 radical (unpaired) electrons. The van der Waals surface area contributed by atoms with Crippen molar-refractivity contribution in [2.45, 2.75) is 45.1 Å². The Hall–Kier alpha value is -0.160. The lowest BCUT2D eigenvalue weighted by molar-refractivity contribution is 0.0496. The van der Waals surface area contributed by atoms with E-state index in [1.165, 1.54) is 58.4 Å². The number of piperidine rings is 1. The summed E-state index contributed by atoms with van der Waals surface area (Å²) in [4.78, 5) is 5.27. The van der Waals surface area contributed by atoms with E-state index in [-0.39, 0.29) is 6.10 Å². The summed E-state index contributed by atoms with van der Waals surface area (Å²) in [5.41, 5.74) is 5.74. The van der Waals surface area contributed by atoms with Crippen molar-refractivity contribution in [1.29, 1.82) is 0 Å². The first-order chi connectivity index (χ1) is 9.81. The van der Waals surface area contributed by atoms with E-state index >= 15 is 0 Å². The lowest BCUT2D eigenvalue weighted by atomic mass is 9.96. The van der Waals surface area contributed by atoms with Gasteiger partial charge in [-0.2, -0.15) is 0 Å². The molecule has 2 saturated heterocycles. The van der Waals surface area contributed by atoms with Crippen molar-refractivity contribution in [2.24, 2.45) is 11.7 Å². The molecule has 2 aliphatic rings. The van der Waals surface area contributed by atoms with E-state index in [0.717, 1.165) is 25.5 Å². The number of ether oxygens (including phenoxy) is 1. The normalized spacial score (nSPS) is 24.3. The Morgan fingerprint density at radius 2 is 1.80 bits per heavy atom. The third-order valence-corrected chi connectivity index (χ3v) is 4.85. The standard InChI is InChI=1S/C16H33N3O/c1-2-20-16(13-17)7-12-18-10-5-15(6-11-18)14-19-8-3-4-9-19/h15-16H,2-14,17H2,1H3. The highest BCUT2D eigenvalue weighted by atomic mass is 16.5. The van der Waals surface area contributed by atoms with Gasteiger partial charge in [-0.05, 0) is 71.1 Å². The average Bonchev–Trinajstić information content (AvgIpc) is 2.98. The molecule has 2 aliphatic heterocycles. The SMILES string of the molecule is CCOC(CN)CCN1CCC(CN2CCCC2)CC1. The molecule has 2 fully saturated rings. The molecule has 0 spiro atoms. The quantitative estimate of drug-likeness (QED) is 0.734. The lowest BCUT2D eigenvalue weighted by Crippen LogP contribution is -2.40. The highest BCUT2D eigenvalue weighted by molar-refractivity contribution is 4.77. The summed E-state index contributed by atoms with van der Waals surface area (Å²) in [5, 5.41) is 0. The topological polar surface area (TPSA) is 41.7 Å². The zero-order valence-corrected chi connectivity index (χ0v) is 13.2. The predicted molar refractivity (Wildman–Crippen MR) is 83.9 cm³/mol. The van der Waals surface area contributed by atoms with Gasteiger partial charge in [0.2, 0.25) is 0 Å². The maximum Gasteiger partial charge on any atom is 0.0709 e. The van der Waals surface area contributed by atoms with Crippen molar-refractivity contribution in [3.05, 3.63) is 0 Å². The van der Waals surface area contributed by atoms with Crippen LogP contribution in [0, 0.1) is 5.92 Å². The third-order valence-electron chi connectivity index (χ3n) is 4.85. The largest absolute Gasteiger partial charge is 0.377 e. The van der Waals surface area contributed by atoms with Gasteiger partial charge in [0.25, 0.3) is 0 Å². The minimum Gasteiger partial charge on any atom is -0.377 e. The van der Waals surface area contributed by atoms with Crippen molar-refractivity contribution >= 4 is 0 Å². The van der Waals surface area contributed by atoms with Crippen LogP contribution in [0.25, 0.3) is 0 Å². The fourth-order valence-corrected chi connectivity index (χ4v) is 3.55. The third kappa shape index (κ3) is 5.32. The molecule has 20 heavy (non-hydrogen) atoms. The van der Waals surface area contributed by atoms with E-state index in [0.29, 0.717) is 6.54 Å². The van der Waals surface area contributed by atoms with Gasteiger partial charge in [0.05, 0.1) is 6.10 Å². The van der Waals surface area contributed by atoms with E-state index in [9.17, 15) is 0 Å². The molecule has 0 bridgehead atoms. The fraction of sp³-hybridized carbons (Fsp3) is 1.00. The smallest absolute Gasteiger partial charge is 0.0709 e. The van der Waals surface area contributed by atoms with Crippen LogP contribution in [0.15, 0.2) is 0 Å². The first-order valence-corrected chi connectivity index (χ1v) is 8.58. The summed E-state index contributed by atoms with van der Waals surface area (Å²) in [7, 11) is 0. The number of rotatable bonds is 8. The summed E-state index contributed by atoms with van der Waals surface area (Å²) < 4.78 is 5.63. The van der Waals surface area contributed by atoms with Crippen molar-refractivity contribution in [1.82, 2.24) is 9.80 Å². The Morgan fingerprint density at radius 3 is 2.40 bits per heavy atom. The molecular weight excluding hydrogens is 250 g/mol. The second-order valence-electron chi connectivity index (χ2n) is 6.39. The Kier molecular flexibility index (Phi) is 7.28. The molecule has 0 aliphatic carbocycles. The van der Waals surface area contributed by atoms with E-state index < -0.39 is 0 Å². The van der Waals surface area contributed by atoms with Gasteiger partial charge in [-0.3, -0.25) is 0 Å². The van der Waals surface area contributed by atoms with Crippen LogP contribution in [-0.2, 0) is 4.74 Å². The molecule has 0 saturated carbocycles. The van der Waals surface area contributed by atoms with E-state index in [4.69, 9.17) is 10.5 Å². The predicted octanol–water partition coefficient (Wildman–Crippen LogP) is 1.55. The maximum atomic E-state index is 5.74. The molecule has 2 N–H and O–H groups in total. The van der Waals surface area contributed by atoms with Crippen LogP contribution in [0.1, 0.15) is 39.0 Å². The van der Waals surface area contributed by atoms with Crippen LogP contribution in [0.3, 0.4) is 0 Å². The summed E-state index contributed by atoms with van der Waals surface area (Å²) in [6.07, 6.45) is 6.91. The molecule has 1 atom stereocenters. The lowest BCUT2D eigenvalue weighted by Gasteiger charge is -2.34. The van der Waals surface area contributed by atoms with Gasteiger partial charge in [0.1, 0.15) is 0 Å². The summed E-state index contributed by atoms with van der Waals surface area (Å²) in [6.45, 7) is 11.2. The van der Waals surface area contributed by atoms with E-state index in [2.05, 4.69) is 9.80 Å². The Balaban J connectivity index is 1.58. The van der Waals surface area contributed by atoms with Gasteiger partial charge in [-0.1, -0.05) is 0 Å². The van der Waals surface area contributed by atoms with E-state index in [1.54, 1.807) is 0 Å². The Bertz CT molecular complexity index is 248. The molecular formula is C16H33N3O. The van der Waals surface area contributed by atoms with Gasteiger partial charge >= 0.3 is 0 Å². The van der Waals surface area contributed by atoms with Gasteiger partial charge in [0, 0.05) is 26.2 Å². The van der Waals surface area contributed by atoms with Crippen molar-refractivity contribution < 1.29 is 4.74 Å². The van der Waals surface area contributed by atoms with Gasteiger partial charge in [-0.25, -0.2) is 0 Å². The molecule has 0 aromatic heterocycles. The van der Waals surface area contributed by atoms with Crippen LogP contribution in [0.4, 0.5) is 0 Å². The molecule has 2 heterocycles. The maximum absolute atomic E-state index is 5.74. The van der Waals surface area contributed by atoms with Crippen LogP contribution in [-0.4, -0.2) is 68.3 Å². The monoisotopic (exact) mass is 283 g/mol. The molecule has 0 amide bonds. The molecule has 0 aromatic rings. The molecule has 1 unspecified atom stereocenters. The second-order valence-corrected chi connectivity index (χ2v) is 6.39. The zero-order chi connectivity index (χ0) is 14.2. The molecule has 0 aromatic carbocycles. The molecule has 4 heteroatoms. The van der Waals surface area contributed by atoms with Crippen molar-refractivity contribution in [3.63, 3.8) is 0 Å². The van der Waals surface area contributed by atoms with Crippen LogP contribution in [0.5, 0.6) is 0 Å². The van der Waals surface area contributed by atoms with Gasteiger partial charge in [-0.15, -0.1) is 0 Å². The highest BCUT2D eigenvalue weighted by Gasteiger charge is 2.23. The van der Waals surface area contributed by atoms with Crippen LogP contribution < -0.4 is 5.73 Å². The second kappa shape index (κ2) is 8.98. The van der Waals surface area contributed by atoms with Crippen LogP contribution >= 0.6 is 0 Å². The first kappa shape index (κ1) is 16.2. The van der Waals surface area contributed by atoms with Gasteiger partial charge in [0.15, 0.2) is 0 Å². The molecule has 2 rings (SSSR count). The Labute approximate surface area is 124 Å². The number of likely N-dealkylation sites (tertiary alicyclic amines) is 2.